The molecule has 1 heterocycles. The Labute approximate surface area is 143 Å². The van der Waals surface area contributed by atoms with E-state index in [1.54, 1.807) is 0 Å². The van der Waals surface area contributed by atoms with Crippen LogP contribution in [0.15, 0.2) is 0 Å². The molecule has 0 amide bonds. The Kier molecular flexibility index (Phi) is 6.51. The molecule has 1 nitrogen and oxygen atoms in total. The fourth-order valence-corrected chi connectivity index (χ4v) is 6.86. The predicted octanol–water partition coefficient (Wildman–Crippen LogP) is 3.66. The number of hydrogen-bond acceptors (Lipinski definition) is 1. The smallest absolute Gasteiger partial charge is 0.177 e. The third-order valence-corrected chi connectivity index (χ3v) is 9.59. The van der Waals surface area contributed by atoms with E-state index in [0.29, 0.717) is 26.1 Å². The van der Waals surface area contributed by atoms with Gasteiger partial charge in [-0.05, 0) is 47.6 Å². The SMILES string of the molecule is CN1C2(CC[CH-]CC2)[S+](C)C(C)(C)C1(C)C.[CH3-].[Y]. The number of rotatable bonds is 0. The van der Waals surface area contributed by atoms with Crippen molar-refractivity contribution in [3.8, 4) is 0 Å². The molecule has 18 heavy (non-hydrogen) atoms. The molecule has 0 aromatic rings. The molecule has 3 heteroatoms. The van der Waals surface area contributed by atoms with Gasteiger partial charge in [-0.2, -0.15) is 12.8 Å². The first kappa shape index (κ1) is 19.4. The van der Waals surface area contributed by atoms with E-state index < -0.39 is 0 Å². The Hall–Kier alpha value is 1.41. The van der Waals surface area contributed by atoms with Crippen molar-refractivity contribution in [1.29, 1.82) is 0 Å². The van der Waals surface area contributed by atoms with Crippen molar-refractivity contribution in [2.45, 2.75) is 68.5 Å². The molecular formula is C15H30NSY-. The molecule has 0 aromatic heterocycles. The second kappa shape index (κ2) is 6.04. The first-order chi connectivity index (χ1) is 7.27. The zero-order valence-electron chi connectivity index (χ0n) is 13.3. The van der Waals surface area contributed by atoms with E-state index in [1.165, 1.54) is 25.7 Å². The van der Waals surface area contributed by atoms with Gasteiger partial charge < -0.3 is 13.8 Å². The van der Waals surface area contributed by atoms with Crippen molar-refractivity contribution >= 4 is 10.9 Å². The average Bonchev–Trinajstić information content (AvgIpc) is 2.34. The van der Waals surface area contributed by atoms with Crippen LogP contribution in [-0.4, -0.2) is 33.4 Å². The largest absolute Gasteiger partial charge is 0.358 e. The summed E-state index contributed by atoms with van der Waals surface area (Å²) in [6.07, 6.45) is 10.4. The summed E-state index contributed by atoms with van der Waals surface area (Å²) in [6.45, 7) is 9.81. The summed E-state index contributed by atoms with van der Waals surface area (Å²) < 4.78 is 0.430. The molecule has 2 fully saturated rings. The van der Waals surface area contributed by atoms with Gasteiger partial charge in [-0.3, -0.25) is 0 Å². The van der Waals surface area contributed by atoms with E-state index in [2.05, 4.69) is 52.3 Å². The Morgan fingerprint density at radius 2 is 1.50 bits per heavy atom. The second-order valence-electron chi connectivity index (χ2n) is 6.45. The van der Waals surface area contributed by atoms with Crippen molar-refractivity contribution in [3.63, 3.8) is 0 Å². The fraction of sp³-hybridized carbons (Fsp3) is 0.867. The van der Waals surface area contributed by atoms with Crippen LogP contribution >= 0.6 is 0 Å². The minimum atomic E-state index is 0. The number of hydrogen-bond donors (Lipinski definition) is 0. The molecule has 1 aliphatic heterocycles. The van der Waals surface area contributed by atoms with Crippen molar-refractivity contribution in [1.82, 2.24) is 4.90 Å². The molecule has 1 saturated carbocycles. The Morgan fingerprint density at radius 1 is 1.06 bits per heavy atom. The Balaban J connectivity index is 0.00000144. The van der Waals surface area contributed by atoms with E-state index in [-0.39, 0.29) is 40.1 Å². The molecule has 0 N–H and O–H groups in total. The zero-order chi connectivity index (χ0) is 12.2. The van der Waals surface area contributed by atoms with Gasteiger partial charge in [-0.15, -0.1) is 0 Å². The van der Waals surface area contributed by atoms with Gasteiger partial charge in [0.05, 0.1) is 11.8 Å². The fourth-order valence-electron chi connectivity index (χ4n) is 3.53. The topological polar surface area (TPSA) is 3.24 Å². The van der Waals surface area contributed by atoms with Crippen LogP contribution in [0.1, 0.15) is 53.4 Å². The monoisotopic (exact) mass is 345 g/mol. The summed E-state index contributed by atoms with van der Waals surface area (Å²) in [5.41, 5.74) is 0.322. The van der Waals surface area contributed by atoms with Crippen LogP contribution in [-0.2, 0) is 43.6 Å². The maximum atomic E-state index is 2.72. The summed E-state index contributed by atoms with van der Waals surface area (Å²) in [5, 5.41) is 0. The van der Waals surface area contributed by atoms with Crippen molar-refractivity contribution in [2.24, 2.45) is 0 Å². The summed E-state index contributed by atoms with van der Waals surface area (Å²) in [4.78, 5) is 3.21. The summed E-state index contributed by atoms with van der Waals surface area (Å²) in [7, 11) is 2.84. The third-order valence-electron chi connectivity index (χ3n) is 5.74. The van der Waals surface area contributed by atoms with Gasteiger partial charge in [0.25, 0.3) is 0 Å². The van der Waals surface area contributed by atoms with E-state index in [0.717, 1.165) is 0 Å². The van der Waals surface area contributed by atoms with Crippen LogP contribution < -0.4 is 0 Å². The molecule has 1 atom stereocenters. The van der Waals surface area contributed by atoms with Crippen LogP contribution in [0.5, 0.6) is 0 Å². The van der Waals surface area contributed by atoms with Crippen molar-refractivity contribution in [3.05, 3.63) is 13.8 Å². The van der Waals surface area contributed by atoms with Gasteiger partial charge >= 0.3 is 0 Å². The van der Waals surface area contributed by atoms with Gasteiger partial charge in [-0.1, -0.05) is 0 Å². The van der Waals surface area contributed by atoms with E-state index >= 15 is 0 Å². The van der Waals surface area contributed by atoms with E-state index in [4.69, 9.17) is 0 Å². The minimum Gasteiger partial charge on any atom is -0.358 e. The Bertz CT molecular complexity index is 260. The molecule has 105 valence electrons. The normalized spacial score (nSPS) is 32.7. The van der Waals surface area contributed by atoms with Gasteiger partial charge in [0, 0.05) is 43.6 Å². The van der Waals surface area contributed by atoms with Crippen LogP contribution in [0.25, 0.3) is 0 Å². The molecule has 1 spiro atoms. The van der Waals surface area contributed by atoms with Gasteiger partial charge in [0.15, 0.2) is 4.87 Å². The first-order valence-corrected chi connectivity index (χ1v) is 8.12. The maximum Gasteiger partial charge on any atom is 0.177 e. The minimum absolute atomic E-state index is 0. The van der Waals surface area contributed by atoms with Crippen LogP contribution in [0, 0.1) is 13.8 Å². The van der Waals surface area contributed by atoms with Crippen LogP contribution in [0.4, 0.5) is 0 Å². The summed E-state index contributed by atoms with van der Waals surface area (Å²) in [5.74, 6) is 0. The maximum absolute atomic E-state index is 2.72. The van der Waals surface area contributed by atoms with E-state index in [9.17, 15) is 0 Å². The van der Waals surface area contributed by atoms with E-state index in [1.807, 2.05) is 0 Å². The molecule has 1 radical (unpaired) electrons. The molecule has 2 rings (SSSR count). The summed E-state index contributed by atoms with van der Waals surface area (Å²) in [6, 6.07) is 0. The molecular weight excluding hydrogens is 315 g/mol. The first-order valence-electron chi connectivity index (χ1n) is 6.48. The molecule has 2 aliphatic rings. The zero-order valence-corrected chi connectivity index (χ0v) is 17.0. The van der Waals surface area contributed by atoms with Gasteiger partial charge in [0.1, 0.15) is 4.75 Å². The predicted molar refractivity (Wildman–Crippen MR) is 81.1 cm³/mol. The van der Waals surface area contributed by atoms with Crippen LogP contribution in [0.3, 0.4) is 0 Å². The standard InChI is InChI=1S/C14H27NS.CH3.Y/c1-12(2)13(3,4)16(6)14(15(12)5)10-8-7-9-11-14;;/h7H,8-11H2,1-6H3;1H3;/q;-1;. The Morgan fingerprint density at radius 3 is 1.83 bits per heavy atom. The van der Waals surface area contributed by atoms with Crippen molar-refractivity contribution < 1.29 is 32.7 Å². The molecule has 1 unspecified atom stereocenters. The quantitative estimate of drug-likeness (QED) is 0.478. The van der Waals surface area contributed by atoms with Gasteiger partial charge in [0.2, 0.25) is 0 Å². The summed E-state index contributed by atoms with van der Waals surface area (Å²) >= 11 is 0. The molecule has 0 bridgehead atoms. The number of nitrogens with zero attached hydrogens (tertiary/aromatic N) is 1. The average molecular weight is 345 g/mol. The van der Waals surface area contributed by atoms with Gasteiger partial charge in [-0.25, -0.2) is 4.90 Å². The molecule has 1 saturated heterocycles. The second-order valence-corrected chi connectivity index (χ2v) is 9.25. The van der Waals surface area contributed by atoms with Crippen LogP contribution in [0.2, 0.25) is 0 Å². The molecule has 1 aliphatic carbocycles. The van der Waals surface area contributed by atoms with Crippen molar-refractivity contribution in [2.75, 3.05) is 13.3 Å². The molecule has 0 aromatic carbocycles. The third kappa shape index (κ3) is 2.38.